The lowest BCUT2D eigenvalue weighted by Gasteiger charge is -2.36. The van der Waals surface area contributed by atoms with Crippen LogP contribution in [0.3, 0.4) is 0 Å². The quantitative estimate of drug-likeness (QED) is 0.839. The van der Waals surface area contributed by atoms with Crippen molar-refractivity contribution >= 4 is 23.5 Å². The minimum Gasteiger partial charge on any atom is -0.338 e. The van der Waals surface area contributed by atoms with Gasteiger partial charge in [0, 0.05) is 49.9 Å². The third-order valence-electron chi connectivity index (χ3n) is 4.53. The van der Waals surface area contributed by atoms with Crippen molar-refractivity contribution in [3.05, 3.63) is 34.9 Å². The molecule has 0 unspecified atom stereocenters. The van der Waals surface area contributed by atoms with Crippen LogP contribution in [-0.4, -0.2) is 65.9 Å². The summed E-state index contributed by atoms with van der Waals surface area (Å²) in [4.78, 5) is 30.1. The molecule has 2 aliphatic heterocycles. The van der Waals surface area contributed by atoms with E-state index in [0.29, 0.717) is 23.7 Å². The minimum absolute atomic E-state index is 0.0417. The van der Waals surface area contributed by atoms with Crippen LogP contribution in [0.15, 0.2) is 24.3 Å². The predicted octanol–water partition coefficient (Wildman–Crippen LogP) is 2.31. The third kappa shape index (κ3) is 2.90. The molecule has 22 heavy (non-hydrogen) atoms. The fourth-order valence-electron chi connectivity index (χ4n) is 3.16. The maximum atomic E-state index is 12.4. The Morgan fingerprint density at radius 2 is 1.73 bits per heavy atom. The zero-order chi connectivity index (χ0) is 15.7. The van der Waals surface area contributed by atoms with Gasteiger partial charge in [0.15, 0.2) is 0 Å². The summed E-state index contributed by atoms with van der Waals surface area (Å²) in [5.41, 5.74) is 0.667. The first kappa shape index (κ1) is 15.2. The van der Waals surface area contributed by atoms with Crippen molar-refractivity contribution in [3.8, 4) is 0 Å². The molecule has 6 heteroatoms. The van der Waals surface area contributed by atoms with Gasteiger partial charge < -0.3 is 14.7 Å². The summed E-state index contributed by atoms with van der Waals surface area (Å²) in [6.45, 7) is 2.98. The van der Waals surface area contributed by atoms with Crippen LogP contribution < -0.4 is 0 Å². The van der Waals surface area contributed by atoms with Crippen molar-refractivity contribution in [2.75, 3.05) is 33.2 Å². The standard InChI is InChI=1S/C16H20ClN3O2/c1-18-10-11-20(16(18)22)14-6-8-19(9-7-14)15(21)12-2-4-13(17)5-3-12/h2-5,14H,6-11H2,1H3. The number of benzene rings is 1. The molecule has 2 fully saturated rings. The first-order valence-electron chi connectivity index (χ1n) is 7.63. The van der Waals surface area contributed by atoms with Crippen LogP contribution in [0.1, 0.15) is 23.2 Å². The van der Waals surface area contributed by atoms with Crippen LogP contribution in [0, 0.1) is 0 Å². The smallest absolute Gasteiger partial charge is 0.320 e. The van der Waals surface area contributed by atoms with E-state index in [1.165, 1.54) is 0 Å². The molecule has 2 saturated heterocycles. The van der Waals surface area contributed by atoms with Crippen LogP contribution in [0.25, 0.3) is 0 Å². The first-order valence-corrected chi connectivity index (χ1v) is 8.00. The van der Waals surface area contributed by atoms with Crippen LogP contribution in [0.4, 0.5) is 4.79 Å². The number of carbonyl (C=O) groups excluding carboxylic acids is 2. The molecule has 0 aliphatic carbocycles. The molecule has 0 saturated carbocycles. The van der Waals surface area contributed by atoms with E-state index in [9.17, 15) is 9.59 Å². The van der Waals surface area contributed by atoms with Crippen molar-refractivity contribution in [3.63, 3.8) is 0 Å². The maximum absolute atomic E-state index is 12.4. The molecule has 0 aromatic heterocycles. The highest BCUT2D eigenvalue weighted by Crippen LogP contribution is 2.22. The Morgan fingerprint density at radius 3 is 2.27 bits per heavy atom. The van der Waals surface area contributed by atoms with Gasteiger partial charge in [0.1, 0.15) is 0 Å². The van der Waals surface area contributed by atoms with Crippen molar-refractivity contribution in [1.29, 1.82) is 0 Å². The van der Waals surface area contributed by atoms with Crippen molar-refractivity contribution in [2.24, 2.45) is 0 Å². The largest absolute Gasteiger partial charge is 0.338 e. The van der Waals surface area contributed by atoms with Crippen molar-refractivity contribution in [1.82, 2.24) is 14.7 Å². The number of urea groups is 1. The summed E-state index contributed by atoms with van der Waals surface area (Å²) in [5.74, 6) is 0.0417. The number of piperidine rings is 1. The fraction of sp³-hybridized carbons (Fsp3) is 0.500. The summed E-state index contributed by atoms with van der Waals surface area (Å²) < 4.78 is 0. The minimum atomic E-state index is 0.0417. The number of amides is 3. The summed E-state index contributed by atoms with van der Waals surface area (Å²) in [6, 6.07) is 7.36. The van der Waals surface area contributed by atoms with Gasteiger partial charge in [-0.25, -0.2) is 4.79 Å². The lowest BCUT2D eigenvalue weighted by molar-refractivity contribution is 0.0664. The Labute approximate surface area is 135 Å². The second-order valence-electron chi connectivity index (χ2n) is 5.93. The van der Waals surface area contributed by atoms with Crippen molar-refractivity contribution in [2.45, 2.75) is 18.9 Å². The summed E-state index contributed by atoms with van der Waals surface area (Å²) >= 11 is 5.85. The van der Waals surface area contributed by atoms with Crippen LogP contribution in [0.2, 0.25) is 5.02 Å². The van der Waals surface area contributed by atoms with E-state index in [4.69, 9.17) is 11.6 Å². The molecule has 3 amide bonds. The van der Waals surface area contributed by atoms with E-state index in [2.05, 4.69) is 0 Å². The lowest BCUT2D eigenvalue weighted by atomic mass is 10.0. The highest BCUT2D eigenvalue weighted by molar-refractivity contribution is 6.30. The Morgan fingerprint density at radius 1 is 1.09 bits per heavy atom. The molecule has 0 bridgehead atoms. The molecule has 2 heterocycles. The van der Waals surface area contributed by atoms with Gasteiger partial charge in [0.2, 0.25) is 0 Å². The molecule has 0 N–H and O–H groups in total. The number of likely N-dealkylation sites (tertiary alicyclic amines) is 1. The van der Waals surface area contributed by atoms with Crippen LogP contribution >= 0.6 is 11.6 Å². The van der Waals surface area contributed by atoms with Crippen LogP contribution in [-0.2, 0) is 0 Å². The summed E-state index contributed by atoms with van der Waals surface area (Å²) in [7, 11) is 1.83. The molecule has 0 atom stereocenters. The molecule has 2 aliphatic rings. The summed E-state index contributed by atoms with van der Waals surface area (Å²) in [6.07, 6.45) is 1.69. The maximum Gasteiger partial charge on any atom is 0.320 e. The van der Waals surface area contributed by atoms with Gasteiger partial charge in [-0.1, -0.05) is 11.6 Å². The molecular weight excluding hydrogens is 302 g/mol. The zero-order valence-electron chi connectivity index (χ0n) is 12.7. The Bertz CT molecular complexity index is 567. The SMILES string of the molecule is CN1CCN(C2CCN(C(=O)c3ccc(Cl)cc3)CC2)C1=O. The number of hydrogen-bond donors (Lipinski definition) is 0. The number of nitrogens with zero attached hydrogens (tertiary/aromatic N) is 3. The van der Waals surface area contributed by atoms with E-state index in [-0.39, 0.29) is 18.0 Å². The molecule has 1 aromatic rings. The van der Waals surface area contributed by atoms with E-state index in [1.807, 2.05) is 16.8 Å². The van der Waals surface area contributed by atoms with Gasteiger partial charge in [0.05, 0.1) is 0 Å². The monoisotopic (exact) mass is 321 g/mol. The molecule has 0 spiro atoms. The molecule has 0 radical (unpaired) electrons. The number of carbonyl (C=O) groups is 2. The highest BCUT2D eigenvalue weighted by atomic mass is 35.5. The van der Waals surface area contributed by atoms with Gasteiger partial charge in [-0.15, -0.1) is 0 Å². The number of rotatable bonds is 2. The summed E-state index contributed by atoms with van der Waals surface area (Å²) in [5, 5.41) is 0.631. The van der Waals surface area contributed by atoms with E-state index in [0.717, 1.165) is 25.9 Å². The Balaban J connectivity index is 1.58. The number of likely N-dealkylation sites (N-methyl/N-ethyl adjacent to an activating group) is 1. The van der Waals surface area contributed by atoms with Crippen molar-refractivity contribution < 1.29 is 9.59 Å². The second kappa shape index (κ2) is 6.16. The molecule has 118 valence electrons. The molecule has 1 aromatic carbocycles. The van der Waals surface area contributed by atoms with Gasteiger partial charge in [0.25, 0.3) is 5.91 Å². The average Bonchev–Trinajstić information content (AvgIpc) is 2.87. The molecule has 5 nitrogen and oxygen atoms in total. The number of halogens is 1. The highest BCUT2D eigenvalue weighted by Gasteiger charge is 2.34. The second-order valence-corrected chi connectivity index (χ2v) is 6.36. The Hall–Kier alpha value is -1.75. The van der Waals surface area contributed by atoms with E-state index < -0.39 is 0 Å². The van der Waals surface area contributed by atoms with Gasteiger partial charge >= 0.3 is 6.03 Å². The fourth-order valence-corrected chi connectivity index (χ4v) is 3.29. The topological polar surface area (TPSA) is 43.9 Å². The molecular formula is C16H20ClN3O2. The Kier molecular flexibility index (Phi) is 4.25. The van der Waals surface area contributed by atoms with Gasteiger partial charge in [-0.2, -0.15) is 0 Å². The first-order chi connectivity index (χ1) is 10.6. The van der Waals surface area contributed by atoms with E-state index >= 15 is 0 Å². The average molecular weight is 322 g/mol. The third-order valence-corrected chi connectivity index (χ3v) is 4.78. The normalized spacial score (nSPS) is 19.9. The lowest BCUT2D eigenvalue weighted by Crippen LogP contribution is -2.47. The number of hydrogen-bond acceptors (Lipinski definition) is 2. The van der Waals surface area contributed by atoms with E-state index in [1.54, 1.807) is 29.2 Å². The molecule has 3 rings (SSSR count). The van der Waals surface area contributed by atoms with Gasteiger partial charge in [-0.3, -0.25) is 4.79 Å². The predicted molar refractivity (Wildman–Crippen MR) is 85.1 cm³/mol. The van der Waals surface area contributed by atoms with Gasteiger partial charge in [-0.05, 0) is 37.1 Å². The zero-order valence-corrected chi connectivity index (χ0v) is 13.4. The van der Waals surface area contributed by atoms with Crippen LogP contribution in [0.5, 0.6) is 0 Å².